The molecule has 0 nitrogen and oxygen atoms in total. The lowest BCUT2D eigenvalue weighted by molar-refractivity contribution is 0.511. The highest BCUT2D eigenvalue weighted by atomic mass is 19.2. The largest absolute Gasteiger partial charge is 0.204 e. The van der Waals surface area contributed by atoms with Crippen molar-refractivity contribution in [2.45, 2.75) is 20.8 Å². The molecule has 0 aliphatic rings. The van der Waals surface area contributed by atoms with Gasteiger partial charge in [0.1, 0.15) is 0 Å². The van der Waals surface area contributed by atoms with Crippen LogP contribution >= 0.6 is 0 Å². The first-order valence-corrected chi connectivity index (χ1v) is 7.76. The molecule has 0 aliphatic heterocycles. The van der Waals surface area contributed by atoms with E-state index in [0.29, 0.717) is 5.56 Å². The average Bonchev–Trinajstić information content (AvgIpc) is 2.60. The molecular formula is C21H20F2. The van der Waals surface area contributed by atoms with Gasteiger partial charge in [0.2, 0.25) is 0 Å². The Morgan fingerprint density at radius 1 is 0.609 bits per heavy atom. The molecule has 0 unspecified atom stereocenters. The molecule has 0 saturated heterocycles. The molecule has 118 valence electrons. The topological polar surface area (TPSA) is 0 Å². The highest BCUT2D eigenvalue weighted by molar-refractivity contribution is 5.70. The number of benzene rings is 3. The smallest absolute Gasteiger partial charge is 0.166 e. The maximum atomic E-state index is 13.8. The Kier molecular flexibility index (Phi) is 5.64. The van der Waals surface area contributed by atoms with Crippen LogP contribution in [0.1, 0.15) is 19.4 Å². The van der Waals surface area contributed by atoms with E-state index >= 15 is 0 Å². The Morgan fingerprint density at radius 2 is 1.09 bits per heavy atom. The minimum Gasteiger partial charge on any atom is -0.204 e. The Bertz CT molecular complexity index is 757. The average molecular weight is 310 g/mol. The summed E-state index contributed by atoms with van der Waals surface area (Å²) in [5, 5.41) is 0. The molecule has 0 heterocycles. The summed E-state index contributed by atoms with van der Waals surface area (Å²) in [6.07, 6.45) is 0. The molecule has 3 aromatic rings. The predicted molar refractivity (Wildman–Crippen MR) is 93.3 cm³/mol. The van der Waals surface area contributed by atoms with Gasteiger partial charge < -0.3 is 0 Å². The van der Waals surface area contributed by atoms with Gasteiger partial charge in [-0.3, -0.25) is 0 Å². The van der Waals surface area contributed by atoms with Gasteiger partial charge in [-0.2, -0.15) is 0 Å². The first-order valence-electron chi connectivity index (χ1n) is 7.76. The van der Waals surface area contributed by atoms with Gasteiger partial charge in [0.15, 0.2) is 11.6 Å². The van der Waals surface area contributed by atoms with Crippen LogP contribution in [0.2, 0.25) is 0 Å². The van der Waals surface area contributed by atoms with Gasteiger partial charge in [-0.25, -0.2) is 8.78 Å². The van der Waals surface area contributed by atoms with Crippen LogP contribution < -0.4 is 0 Å². The van der Waals surface area contributed by atoms with Crippen LogP contribution in [-0.4, -0.2) is 0 Å². The van der Waals surface area contributed by atoms with Crippen molar-refractivity contribution in [3.8, 4) is 22.3 Å². The van der Waals surface area contributed by atoms with Gasteiger partial charge in [0.25, 0.3) is 0 Å². The summed E-state index contributed by atoms with van der Waals surface area (Å²) in [5.74, 6) is -1.63. The molecule has 0 bridgehead atoms. The maximum absolute atomic E-state index is 13.8. The van der Waals surface area contributed by atoms with Crippen LogP contribution in [0, 0.1) is 18.6 Å². The van der Waals surface area contributed by atoms with Crippen LogP contribution in [0.3, 0.4) is 0 Å². The standard InChI is InChI=1S/C19H14F2.C2H6/c1-13-5-7-14(8-6-13)15-9-11-16(12-10-15)17-3-2-4-18(20)19(17)21;1-2/h2-12H,1H3;1-2H3. The Labute approximate surface area is 136 Å². The summed E-state index contributed by atoms with van der Waals surface area (Å²) in [6.45, 7) is 6.04. The Hall–Kier alpha value is -2.48. The molecular weight excluding hydrogens is 290 g/mol. The lowest BCUT2D eigenvalue weighted by Crippen LogP contribution is -1.89. The lowest BCUT2D eigenvalue weighted by Gasteiger charge is -2.07. The van der Waals surface area contributed by atoms with Gasteiger partial charge in [-0.05, 0) is 29.7 Å². The third kappa shape index (κ3) is 3.84. The van der Waals surface area contributed by atoms with Gasteiger partial charge >= 0.3 is 0 Å². The normalized spacial score (nSPS) is 9.96. The maximum Gasteiger partial charge on any atom is 0.166 e. The molecule has 0 radical (unpaired) electrons. The molecule has 0 amide bonds. The van der Waals surface area contributed by atoms with Gasteiger partial charge in [0, 0.05) is 5.56 Å². The number of rotatable bonds is 2. The van der Waals surface area contributed by atoms with Crippen LogP contribution in [0.4, 0.5) is 8.78 Å². The molecule has 0 spiro atoms. The molecule has 0 saturated carbocycles. The monoisotopic (exact) mass is 310 g/mol. The second-order valence-corrected chi connectivity index (χ2v) is 5.04. The van der Waals surface area contributed by atoms with E-state index in [-0.39, 0.29) is 5.56 Å². The Balaban J connectivity index is 0.000000924. The summed E-state index contributed by atoms with van der Waals surface area (Å²) >= 11 is 0. The molecule has 0 aromatic heterocycles. The van der Waals surface area contributed by atoms with E-state index in [1.54, 1.807) is 6.07 Å². The second-order valence-electron chi connectivity index (χ2n) is 5.04. The third-order valence-electron chi connectivity index (χ3n) is 3.53. The zero-order valence-electron chi connectivity index (χ0n) is 13.6. The van der Waals surface area contributed by atoms with Crippen LogP contribution in [0.15, 0.2) is 66.7 Å². The van der Waals surface area contributed by atoms with E-state index in [2.05, 4.69) is 12.1 Å². The van der Waals surface area contributed by atoms with E-state index < -0.39 is 11.6 Å². The fourth-order valence-electron chi connectivity index (χ4n) is 2.31. The summed E-state index contributed by atoms with van der Waals surface area (Å²) < 4.78 is 27.1. The van der Waals surface area contributed by atoms with Gasteiger partial charge in [-0.15, -0.1) is 0 Å². The molecule has 0 aliphatic carbocycles. The zero-order valence-corrected chi connectivity index (χ0v) is 13.6. The van der Waals surface area contributed by atoms with Crippen molar-refractivity contribution in [2.75, 3.05) is 0 Å². The van der Waals surface area contributed by atoms with Crippen LogP contribution in [0.5, 0.6) is 0 Å². The van der Waals surface area contributed by atoms with Crippen molar-refractivity contribution in [2.24, 2.45) is 0 Å². The first-order chi connectivity index (χ1) is 11.1. The number of hydrogen-bond donors (Lipinski definition) is 0. The summed E-state index contributed by atoms with van der Waals surface area (Å²) in [4.78, 5) is 0. The lowest BCUT2D eigenvalue weighted by atomic mass is 9.99. The predicted octanol–water partition coefficient (Wildman–Crippen LogP) is 6.63. The summed E-state index contributed by atoms with van der Waals surface area (Å²) in [6, 6.07) is 19.9. The van der Waals surface area contributed by atoms with Gasteiger partial charge in [0.05, 0.1) is 0 Å². The fraction of sp³-hybridized carbons (Fsp3) is 0.143. The second kappa shape index (κ2) is 7.68. The zero-order chi connectivity index (χ0) is 16.8. The number of aryl methyl sites for hydroxylation is 1. The van der Waals surface area contributed by atoms with E-state index in [1.807, 2.05) is 57.2 Å². The van der Waals surface area contributed by atoms with Gasteiger partial charge in [-0.1, -0.05) is 80.1 Å². The highest BCUT2D eigenvalue weighted by Crippen LogP contribution is 2.27. The van der Waals surface area contributed by atoms with Crippen molar-refractivity contribution < 1.29 is 8.78 Å². The van der Waals surface area contributed by atoms with Crippen molar-refractivity contribution in [3.63, 3.8) is 0 Å². The van der Waals surface area contributed by atoms with E-state index in [0.717, 1.165) is 17.2 Å². The van der Waals surface area contributed by atoms with Crippen molar-refractivity contribution >= 4 is 0 Å². The minimum atomic E-state index is -0.824. The first kappa shape index (κ1) is 16.9. The molecule has 0 N–H and O–H groups in total. The van der Waals surface area contributed by atoms with Crippen molar-refractivity contribution in [1.29, 1.82) is 0 Å². The van der Waals surface area contributed by atoms with E-state index in [4.69, 9.17) is 0 Å². The third-order valence-corrected chi connectivity index (χ3v) is 3.53. The molecule has 0 fully saturated rings. The number of hydrogen-bond acceptors (Lipinski definition) is 0. The number of halogens is 2. The molecule has 3 rings (SSSR count). The highest BCUT2D eigenvalue weighted by Gasteiger charge is 2.09. The van der Waals surface area contributed by atoms with Crippen LogP contribution in [0.25, 0.3) is 22.3 Å². The quantitative estimate of drug-likeness (QED) is 0.498. The summed E-state index contributed by atoms with van der Waals surface area (Å²) in [7, 11) is 0. The molecule has 23 heavy (non-hydrogen) atoms. The molecule has 2 heteroatoms. The fourth-order valence-corrected chi connectivity index (χ4v) is 2.31. The van der Waals surface area contributed by atoms with Crippen molar-refractivity contribution in [3.05, 3.63) is 83.9 Å². The Morgan fingerprint density at radius 3 is 1.65 bits per heavy atom. The molecule has 3 aromatic carbocycles. The van der Waals surface area contributed by atoms with Crippen molar-refractivity contribution in [1.82, 2.24) is 0 Å². The summed E-state index contributed by atoms with van der Waals surface area (Å²) in [5.41, 5.74) is 4.31. The van der Waals surface area contributed by atoms with E-state index in [1.165, 1.54) is 11.6 Å². The van der Waals surface area contributed by atoms with E-state index in [9.17, 15) is 8.78 Å². The minimum absolute atomic E-state index is 0.283. The molecule has 0 atom stereocenters. The SMILES string of the molecule is CC.Cc1ccc(-c2ccc(-c3cccc(F)c3F)cc2)cc1. The van der Waals surface area contributed by atoms with Crippen LogP contribution in [-0.2, 0) is 0 Å².